The lowest BCUT2D eigenvalue weighted by atomic mass is 10.2. The molecule has 4 heteroatoms. The quantitative estimate of drug-likeness (QED) is 0.524. The second kappa shape index (κ2) is 2.68. The van der Waals surface area contributed by atoms with Crippen LogP contribution < -0.4 is 10.6 Å². The lowest BCUT2D eigenvalue weighted by Crippen LogP contribution is -2.39. The molecule has 1 fully saturated rings. The average Bonchev–Trinajstić information content (AvgIpc) is 2.34. The maximum Gasteiger partial charge on any atom is 0.242 e. The van der Waals surface area contributed by atoms with E-state index in [-0.39, 0.29) is 20.7 Å². The van der Waals surface area contributed by atoms with E-state index in [1.165, 1.54) is 0 Å². The molecular formula is C6H14N2O2. The molecule has 0 aromatic heterocycles. The van der Waals surface area contributed by atoms with Crippen LogP contribution in [0.2, 0.25) is 0 Å². The lowest BCUT2D eigenvalue weighted by Gasteiger charge is -2.05. The fourth-order valence-corrected chi connectivity index (χ4v) is 0.985. The van der Waals surface area contributed by atoms with Crippen molar-refractivity contribution in [3.05, 3.63) is 0 Å². The zero-order chi connectivity index (χ0) is 7.56. The maximum absolute atomic E-state index is 10.8. The predicted octanol–water partition coefficient (Wildman–Crippen LogP) is -0.497. The number of rotatable bonds is 1. The first-order chi connectivity index (χ1) is 4.74. The highest BCUT2D eigenvalue weighted by molar-refractivity contribution is 5.90. The molecule has 0 spiro atoms. The number of hydrogen-bond donors (Lipinski definition) is 2. The van der Waals surface area contributed by atoms with Gasteiger partial charge in [-0.2, -0.15) is 0 Å². The number of nitrogens with one attached hydrogen (secondary N) is 2. The molecule has 1 saturated heterocycles. The van der Waals surface area contributed by atoms with Gasteiger partial charge in [0.25, 0.3) is 0 Å². The molecule has 1 heterocycles. The second-order valence-electron chi connectivity index (χ2n) is 2.27. The van der Waals surface area contributed by atoms with Gasteiger partial charge in [-0.3, -0.25) is 9.59 Å². The van der Waals surface area contributed by atoms with Crippen LogP contribution in [0.3, 0.4) is 0 Å². The average molecular weight is 146 g/mol. The number of carbonyl (C=O) groups is 2. The summed E-state index contributed by atoms with van der Waals surface area (Å²) >= 11 is 0. The number of likely N-dealkylation sites (N-methyl/N-ethyl adjacent to an activating group) is 1. The summed E-state index contributed by atoms with van der Waals surface area (Å²) in [4.78, 5) is 21.4. The van der Waals surface area contributed by atoms with E-state index in [9.17, 15) is 9.59 Å². The number of amides is 2. The van der Waals surface area contributed by atoms with Crippen LogP contribution in [-0.4, -0.2) is 24.9 Å². The molecule has 2 N–H and O–H groups in total. The van der Waals surface area contributed by atoms with Crippen LogP contribution in [0.4, 0.5) is 0 Å². The molecule has 1 rings (SSSR count). The molecule has 60 valence electrons. The van der Waals surface area contributed by atoms with Crippen LogP contribution in [0.5, 0.6) is 0 Å². The Bertz CT molecular complexity index is 175. The van der Waals surface area contributed by atoms with E-state index in [1.54, 1.807) is 7.05 Å². The summed E-state index contributed by atoms with van der Waals surface area (Å²) in [5.41, 5.74) is 0. The van der Waals surface area contributed by atoms with Crippen LogP contribution in [-0.2, 0) is 9.59 Å². The van der Waals surface area contributed by atoms with Crippen molar-refractivity contribution in [3.63, 3.8) is 0 Å². The third-order valence-electron chi connectivity index (χ3n) is 1.56. The Morgan fingerprint density at radius 1 is 1.90 bits per heavy atom. The minimum Gasteiger partial charge on any atom is -0.357 e. The van der Waals surface area contributed by atoms with Crippen LogP contribution in [0.25, 0.3) is 0 Å². The molecule has 10 heavy (non-hydrogen) atoms. The van der Waals surface area contributed by atoms with Crippen LogP contribution in [0.1, 0.15) is 15.7 Å². The third kappa shape index (κ3) is 1.26. The zero-order valence-corrected chi connectivity index (χ0v) is 5.81. The molecule has 0 saturated carbocycles. The Morgan fingerprint density at radius 2 is 2.60 bits per heavy atom. The highest BCUT2D eigenvalue weighted by Gasteiger charge is 2.25. The van der Waals surface area contributed by atoms with Crippen molar-refractivity contribution >= 4 is 11.8 Å². The zero-order valence-electron chi connectivity index (χ0n) is 5.81. The Morgan fingerprint density at radius 3 is 3.00 bits per heavy atom. The first kappa shape index (κ1) is 7.05. The van der Waals surface area contributed by atoms with Crippen LogP contribution >= 0.6 is 0 Å². The van der Waals surface area contributed by atoms with E-state index >= 15 is 0 Å². The summed E-state index contributed by atoms with van der Waals surface area (Å²) in [5.74, 6) is -0.139. The van der Waals surface area contributed by atoms with Crippen LogP contribution in [0.15, 0.2) is 0 Å². The van der Waals surface area contributed by atoms with Gasteiger partial charge in [0.1, 0.15) is 6.04 Å². The van der Waals surface area contributed by atoms with Gasteiger partial charge in [0.05, 0.1) is 0 Å². The molecule has 1 aliphatic rings. The smallest absolute Gasteiger partial charge is 0.242 e. The Labute approximate surface area is 62.0 Å². The van der Waals surface area contributed by atoms with Crippen molar-refractivity contribution in [1.82, 2.24) is 10.6 Å². The van der Waals surface area contributed by atoms with Crippen molar-refractivity contribution in [1.29, 1.82) is 0 Å². The molecular weight excluding hydrogens is 132 g/mol. The summed E-state index contributed by atoms with van der Waals surface area (Å²) in [6.45, 7) is 0. The van der Waals surface area contributed by atoms with E-state index in [0.29, 0.717) is 12.8 Å². The van der Waals surface area contributed by atoms with Gasteiger partial charge in [-0.1, -0.05) is 0 Å². The van der Waals surface area contributed by atoms with Gasteiger partial charge in [0, 0.05) is 16.3 Å². The van der Waals surface area contributed by atoms with E-state index < -0.39 is 0 Å². The van der Waals surface area contributed by atoms with Crippen molar-refractivity contribution < 1.29 is 12.4 Å². The fourth-order valence-electron chi connectivity index (χ4n) is 0.985. The van der Waals surface area contributed by atoms with Gasteiger partial charge in [-0.25, -0.2) is 0 Å². The standard InChI is InChI=1S/C6H10N2O2.2H2/c1-7-6(10)4-2-3-5(9)8-4;;/h4H,2-3H2,1H3,(H,7,10)(H,8,9);2*1H/t4-;;/m0../s1. The monoisotopic (exact) mass is 146 g/mol. The molecule has 0 unspecified atom stereocenters. The summed E-state index contributed by atoms with van der Waals surface area (Å²) < 4.78 is 0. The molecule has 1 atom stereocenters. The summed E-state index contributed by atoms with van der Waals surface area (Å²) in [6, 6.07) is -0.294. The van der Waals surface area contributed by atoms with Gasteiger partial charge in [-0.15, -0.1) is 0 Å². The van der Waals surface area contributed by atoms with E-state index in [4.69, 9.17) is 0 Å². The number of carbonyl (C=O) groups excluding carboxylic acids is 2. The van der Waals surface area contributed by atoms with Gasteiger partial charge >= 0.3 is 0 Å². The van der Waals surface area contributed by atoms with E-state index in [2.05, 4.69) is 10.6 Å². The molecule has 0 aromatic carbocycles. The SMILES string of the molecule is CNC(=O)[C@@H]1CCC(=O)N1.[HH].[HH]. The van der Waals surface area contributed by atoms with Crippen LogP contribution in [0, 0.1) is 0 Å². The molecule has 4 nitrogen and oxygen atoms in total. The Kier molecular flexibility index (Phi) is 1.89. The van der Waals surface area contributed by atoms with Gasteiger partial charge in [-0.05, 0) is 6.42 Å². The molecule has 2 amide bonds. The highest BCUT2D eigenvalue weighted by Crippen LogP contribution is 2.05. The van der Waals surface area contributed by atoms with Gasteiger partial charge in [0.15, 0.2) is 0 Å². The van der Waals surface area contributed by atoms with Crippen molar-refractivity contribution in [2.24, 2.45) is 0 Å². The van der Waals surface area contributed by atoms with Gasteiger partial charge < -0.3 is 10.6 Å². The highest BCUT2D eigenvalue weighted by atomic mass is 16.2. The molecule has 0 aromatic rings. The molecule has 0 radical (unpaired) electrons. The van der Waals surface area contributed by atoms with E-state index in [1.807, 2.05) is 0 Å². The summed E-state index contributed by atoms with van der Waals surface area (Å²) in [6.07, 6.45) is 1.09. The predicted molar refractivity (Wildman–Crippen MR) is 39.5 cm³/mol. The van der Waals surface area contributed by atoms with Crippen molar-refractivity contribution in [2.75, 3.05) is 7.05 Å². The topological polar surface area (TPSA) is 58.2 Å². The first-order valence-electron chi connectivity index (χ1n) is 3.25. The Hall–Kier alpha value is -1.06. The van der Waals surface area contributed by atoms with Crippen molar-refractivity contribution in [2.45, 2.75) is 18.9 Å². The van der Waals surface area contributed by atoms with E-state index in [0.717, 1.165) is 0 Å². The Balaban J connectivity index is 0. The summed E-state index contributed by atoms with van der Waals surface area (Å²) in [5, 5.41) is 5.03. The normalized spacial score (nSPS) is 24.1. The second-order valence-corrected chi connectivity index (χ2v) is 2.27. The third-order valence-corrected chi connectivity index (χ3v) is 1.56. The minimum atomic E-state index is -0.294. The lowest BCUT2D eigenvalue weighted by molar-refractivity contribution is -0.125. The molecule has 1 aliphatic heterocycles. The fraction of sp³-hybridized carbons (Fsp3) is 0.667. The first-order valence-corrected chi connectivity index (χ1v) is 3.25. The van der Waals surface area contributed by atoms with Crippen molar-refractivity contribution in [3.8, 4) is 0 Å². The van der Waals surface area contributed by atoms with Gasteiger partial charge in [0.2, 0.25) is 11.8 Å². The summed E-state index contributed by atoms with van der Waals surface area (Å²) in [7, 11) is 1.56. The largest absolute Gasteiger partial charge is 0.357 e. The maximum atomic E-state index is 10.8. The molecule has 0 aliphatic carbocycles. The molecule has 0 bridgehead atoms. The minimum absolute atomic E-state index is 0. The number of hydrogen-bond acceptors (Lipinski definition) is 2.